The maximum atomic E-state index is 12.2. The number of carbonyl (C=O) groups is 1. The van der Waals surface area contributed by atoms with Gasteiger partial charge in [-0.2, -0.15) is 5.10 Å². The molecule has 1 saturated carbocycles. The van der Waals surface area contributed by atoms with Gasteiger partial charge in [-0.3, -0.25) is 4.79 Å². The Morgan fingerprint density at radius 2 is 2.19 bits per heavy atom. The number of hydrazone groups is 1. The van der Waals surface area contributed by atoms with Crippen LogP contribution >= 0.6 is 11.3 Å². The maximum absolute atomic E-state index is 12.2. The second kappa shape index (κ2) is 6.92. The third-order valence-corrected chi connectivity index (χ3v) is 5.48. The third-order valence-electron chi connectivity index (χ3n) is 4.52. The van der Waals surface area contributed by atoms with E-state index in [0.29, 0.717) is 22.7 Å². The first-order chi connectivity index (χ1) is 12.6. The molecule has 3 atom stereocenters. The second-order valence-corrected chi connectivity index (χ2v) is 7.68. The summed E-state index contributed by atoms with van der Waals surface area (Å²) in [6, 6.07) is 11.3. The van der Waals surface area contributed by atoms with Crippen molar-refractivity contribution in [3.63, 3.8) is 0 Å². The Hall–Kier alpha value is -2.67. The van der Waals surface area contributed by atoms with E-state index >= 15 is 0 Å². The summed E-state index contributed by atoms with van der Waals surface area (Å²) < 4.78 is 6.81. The molecule has 1 amide bonds. The van der Waals surface area contributed by atoms with Crippen molar-refractivity contribution >= 4 is 38.8 Å². The molecule has 2 aromatic heterocycles. The highest BCUT2D eigenvalue weighted by Crippen LogP contribution is 2.47. The normalized spacial score (nSPS) is 20.4. The Bertz CT molecular complexity index is 928. The van der Waals surface area contributed by atoms with Crippen molar-refractivity contribution in [2.24, 2.45) is 11.0 Å². The van der Waals surface area contributed by atoms with E-state index in [2.05, 4.69) is 27.8 Å². The summed E-state index contributed by atoms with van der Waals surface area (Å²) in [7, 11) is 0. The molecule has 1 aliphatic carbocycles. The maximum Gasteiger partial charge on any atom is 0.262 e. The van der Waals surface area contributed by atoms with E-state index in [4.69, 9.17) is 4.42 Å². The lowest BCUT2D eigenvalue weighted by Crippen LogP contribution is -2.34. The minimum Gasteiger partial charge on any atom is -0.460 e. The van der Waals surface area contributed by atoms with E-state index < -0.39 is 6.04 Å². The van der Waals surface area contributed by atoms with Gasteiger partial charge in [-0.25, -0.2) is 10.4 Å². The molecule has 0 aliphatic heterocycles. The smallest absolute Gasteiger partial charge is 0.262 e. The van der Waals surface area contributed by atoms with Crippen LogP contribution in [0.5, 0.6) is 0 Å². The van der Waals surface area contributed by atoms with Gasteiger partial charge in [-0.15, -0.1) is 0 Å². The molecule has 134 valence electrons. The number of hydrogen-bond acceptors (Lipinski definition) is 6. The van der Waals surface area contributed by atoms with Crippen molar-refractivity contribution in [3.8, 4) is 0 Å². The molecule has 0 spiro atoms. The molecule has 7 heteroatoms. The average Bonchev–Trinajstić information content (AvgIpc) is 3.03. The van der Waals surface area contributed by atoms with Crippen LogP contribution in [0.3, 0.4) is 0 Å². The van der Waals surface area contributed by atoms with Crippen molar-refractivity contribution in [1.29, 1.82) is 0 Å². The van der Waals surface area contributed by atoms with Crippen LogP contribution in [0.4, 0.5) is 5.13 Å². The van der Waals surface area contributed by atoms with Crippen LogP contribution in [0.25, 0.3) is 10.2 Å². The topological polar surface area (TPSA) is 79.5 Å². The first-order valence-electron chi connectivity index (χ1n) is 8.65. The summed E-state index contributed by atoms with van der Waals surface area (Å²) in [6.45, 7) is 3.98. The molecule has 6 nitrogen and oxygen atoms in total. The van der Waals surface area contributed by atoms with Crippen LogP contribution in [-0.4, -0.2) is 23.1 Å². The van der Waals surface area contributed by atoms with Gasteiger partial charge >= 0.3 is 0 Å². The summed E-state index contributed by atoms with van der Waals surface area (Å²) in [6.07, 6.45) is 2.70. The number of aromatic nitrogens is 1. The van der Waals surface area contributed by atoms with E-state index in [-0.39, 0.29) is 5.91 Å². The molecular weight excluding hydrogens is 348 g/mol. The zero-order valence-corrected chi connectivity index (χ0v) is 15.4. The number of hydrogen-bond donors (Lipinski definition) is 2. The van der Waals surface area contributed by atoms with E-state index in [1.807, 2.05) is 36.4 Å². The number of carbonyl (C=O) groups excluding carboxylic acids is 1. The summed E-state index contributed by atoms with van der Waals surface area (Å²) in [5, 5.41) is 7.81. The number of rotatable bonds is 6. The predicted octanol–water partition coefficient (Wildman–Crippen LogP) is 3.96. The van der Waals surface area contributed by atoms with E-state index in [9.17, 15) is 4.79 Å². The van der Waals surface area contributed by atoms with Crippen LogP contribution in [0.1, 0.15) is 37.7 Å². The van der Waals surface area contributed by atoms with Crippen molar-refractivity contribution in [2.75, 3.05) is 5.32 Å². The molecule has 3 aromatic rings. The minimum atomic E-state index is -0.452. The predicted molar refractivity (Wildman–Crippen MR) is 104 cm³/mol. The molecule has 1 aromatic carbocycles. The lowest BCUT2D eigenvalue weighted by atomic mass is 10.3. The fraction of sp³-hybridized carbons (Fsp3) is 0.316. The monoisotopic (exact) mass is 368 g/mol. The fourth-order valence-electron chi connectivity index (χ4n) is 2.80. The number of nitrogens with zero attached hydrogens (tertiary/aromatic N) is 2. The zero-order valence-electron chi connectivity index (χ0n) is 14.6. The number of para-hydroxylation sites is 1. The largest absolute Gasteiger partial charge is 0.460 e. The van der Waals surface area contributed by atoms with Crippen LogP contribution in [-0.2, 0) is 4.79 Å². The number of anilines is 1. The number of furan rings is 1. The molecule has 0 saturated heterocycles. The Labute approximate surface area is 155 Å². The van der Waals surface area contributed by atoms with Gasteiger partial charge < -0.3 is 9.73 Å². The fourth-order valence-corrected chi connectivity index (χ4v) is 3.75. The highest BCUT2D eigenvalue weighted by Gasteiger charge is 2.36. The molecule has 0 unspecified atom stereocenters. The second-order valence-electron chi connectivity index (χ2n) is 6.65. The van der Waals surface area contributed by atoms with Gasteiger partial charge in [0.15, 0.2) is 5.13 Å². The number of thiazole rings is 1. The molecule has 26 heavy (non-hydrogen) atoms. The van der Waals surface area contributed by atoms with Crippen molar-refractivity contribution in [1.82, 2.24) is 10.4 Å². The first kappa shape index (κ1) is 16.8. The SMILES string of the molecule is C[C@@H](Nc1nc2ccccc2s1)C(=O)N/N=C\c1ccc([C@H]2C[C@@H]2C)o1. The molecule has 0 radical (unpaired) electrons. The molecule has 1 aliphatic rings. The molecule has 2 N–H and O–H groups in total. The quantitative estimate of drug-likeness (QED) is 0.510. The Morgan fingerprint density at radius 3 is 2.96 bits per heavy atom. The number of benzene rings is 1. The summed E-state index contributed by atoms with van der Waals surface area (Å²) in [5.74, 6) is 2.63. The van der Waals surface area contributed by atoms with Crippen molar-refractivity contribution in [3.05, 3.63) is 47.9 Å². The van der Waals surface area contributed by atoms with E-state index in [1.165, 1.54) is 24.0 Å². The van der Waals surface area contributed by atoms with Gasteiger partial charge in [-0.05, 0) is 43.5 Å². The van der Waals surface area contributed by atoms with Gasteiger partial charge in [0.2, 0.25) is 0 Å². The highest BCUT2D eigenvalue weighted by molar-refractivity contribution is 7.22. The van der Waals surface area contributed by atoms with Gasteiger partial charge in [0.05, 0.1) is 16.4 Å². The van der Waals surface area contributed by atoms with Crippen molar-refractivity contribution < 1.29 is 9.21 Å². The lowest BCUT2D eigenvalue weighted by Gasteiger charge is -2.10. The lowest BCUT2D eigenvalue weighted by molar-refractivity contribution is -0.121. The third kappa shape index (κ3) is 3.62. The van der Waals surface area contributed by atoms with Crippen LogP contribution < -0.4 is 10.7 Å². The average molecular weight is 368 g/mol. The standard InChI is InChI=1S/C19H20N4O2S/c1-11-9-14(11)16-8-7-13(25-16)10-20-23-18(24)12(2)21-19-22-15-5-3-4-6-17(15)26-19/h3-8,10-12,14H,9H2,1-2H3,(H,21,22)(H,23,24)/b20-10-/t11-,12+,14-/m0/s1. The van der Waals surface area contributed by atoms with E-state index in [1.54, 1.807) is 6.92 Å². The van der Waals surface area contributed by atoms with Crippen LogP contribution in [0.15, 0.2) is 45.9 Å². The number of fused-ring (bicyclic) bond motifs is 1. The molecule has 2 heterocycles. The van der Waals surface area contributed by atoms with Gasteiger partial charge in [-0.1, -0.05) is 30.4 Å². The Balaban J connectivity index is 1.31. The summed E-state index contributed by atoms with van der Waals surface area (Å²) in [5.41, 5.74) is 3.45. The number of amides is 1. The molecular formula is C19H20N4O2S. The minimum absolute atomic E-state index is 0.233. The molecule has 4 rings (SSSR count). The van der Waals surface area contributed by atoms with Gasteiger partial charge in [0.25, 0.3) is 5.91 Å². The first-order valence-corrected chi connectivity index (χ1v) is 9.46. The zero-order chi connectivity index (χ0) is 18.1. The Morgan fingerprint density at radius 1 is 1.38 bits per heavy atom. The van der Waals surface area contributed by atoms with Crippen molar-refractivity contribution in [2.45, 2.75) is 32.2 Å². The summed E-state index contributed by atoms with van der Waals surface area (Å²) >= 11 is 1.52. The molecule has 0 bridgehead atoms. The van der Waals surface area contributed by atoms with E-state index in [0.717, 1.165) is 16.0 Å². The Kier molecular flexibility index (Phi) is 4.46. The van der Waals surface area contributed by atoms with Gasteiger partial charge in [0.1, 0.15) is 17.6 Å². The highest BCUT2D eigenvalue weighted by atomic mass is 32.1. The van der Waals surface area contributed by atoms with Crippen LogP contribution in [0.2, 0.25) is 0 Å². The number of nitrogens with one attached hydrogen (secondary N) is 2. The van der Waals surface area contributed by atoms with Crippen LogP contribution in [0, 0.1) is 5.92 Å². The van der Waals surface area contributed by atoms with Gasteiger partial charge in [0, 0.05) is 5.92 Å². The summed E-state index contributed by atoms with van der Waals surface area (Å²) in [4.78, 5) is 16.6. The molecule has 1 fully saturated rings.